The van der Waals surface area contributed by atoms with Crippen LogP contribution in [0.1, 0.15) is 23.6 Å². The first-order valence-corrected chi connectivity index (χ1v) is 9.12. The molecule has 0 aliphatic carbocycles. The number of rotatable bonds is 6. The van der Waals surface area contributed by atoms with E-state index in [-0.39, 0.29) is 6.61 Å². The van der Waals surface area contributed by atoms with Gasteiger partial charge in [-0.05, 0) is 41.5 Å². The Balaban J connectivity index is 1.61. The van der Waals surface area contributed by atoms with Crippen molar-refractivity contribution in [1.29, 1.82) is 0 Å². The number of benzene rings is 2. The molecule has 2 aromatic carbocycles. The van der Waals surface area contributed by atoms with E-state index >= 15 is 0 Å². The number of anilines is 1. The number of nitrogens with zero attached hydrogens (tertiary/aromatic N) is 1. The fraction of sp³-hybridized carbons (Fsp3) is 0.368. The summed E-state index contributed by atoms with van der Waals surface area (Å²) in [5.74, 6) is 1.18. The highest BCUT2D eigenvalue weighted by molar-refractivity contribution is 7.99. The van der Waals surface area contributed by atoms with Crippen LogP contribution in [0.25, 0.3) is 0 Å². The van der Waals surface area contributed by atoms with Crippen molar-refractivity contribution >= 4 is 17.4 Å². The quantitative estimate of drug-likeness (QED) is 0.851. The Hall–Kier alpha value is -1.49. The molecule has 0 fully saturated rings. The first-order chi connectivity index (χ1) is 11.3. The van der Waals surface area contributed by atoms with Crippen LogP contribution in [0.4, 0.5) is 5.69 Å². The first-order valence-electron chi connectivity index (χ1n) is 8.14. The second-order valence-electron chi connectivity index (χ2n) is 5.92. The Morgan fingerprint density at radius 3 is 2.74 bits per heavy atom. The van der Waals surface area contributed by atoms with E-state index in [4.69, 9.17) is 5.11 Å². The predicted octanol–water partition coefficient (Wildman–Crippen LogP) is 3.44. The largest absolute Gasteiger partial charge is 0.395 e. The standard InChI is InChI=1S/C19H24N2OS/c1-21(11-12-22)16-8-6-15(7-9-16)14-20-18-10-13-23-19-5-3-2-4-17(18)19/h2-9,18,20,22H,10-14H2,1H3. The normalized spacial score (nSPS) is 16.9. The van der Waals surface area contributed by atoms with Gasteiger partial charge in [0.25, 0.3) is 0 Å². The minimum Gasteiger partial charge on any atom is -0.395 e. The molecule has 2 N–H and O–H groups in total. The number of hydrogen-bond acceptors (Lipinski definition) is 4. The van der Waals surface area contributed by atoms with Crippen LogP contribution in [0, 0.1) is 0 Å². The summed E-state index contributed by atoms with van der Waals surface area (Å²) < 4.78 is 0. The van der Waals surface area contributed by atoms with E-state index in [2.05, 4.69) is 58.7 Å². The molecule has 1 heterocycles. The van der Waals surface area contributed by atoms with Gasteiger partial charge in [-0.25, -0.2) is 0 Å². The number of fused-ring (bicyclic) bond motifs is 1. The number of thioether (sulfide) groups is 1. The molecule has 1 aliphatic rings. The third-order valence-corrected chi connectivity index (χ3v) is 5.45. The maximum absolute atomic E-state index is 9.01. The number of likely N-dealkylation sites (N-methyl/N-ethyl adjacent to an activating group) is 1. The average Bonchev–Trinajstić information content (AvgIpc) is 2.60. The second-order valence-corrected chi connectivity index (χ2v) is 7.06. The molecule has 0 aromatic heterocycles. The molecule has 23 heavy (non-hydrogen) atoms. The Labute approximate surface area is 142 Å². The molecule has 1 aliphatic heterocycles. The van der Waals surface area contributed by atoms with Crippen LogP contribution in [0.5, 0.6) is 0 Å². The van der Waals surface area contributed by atoms with E-state index in [0.29, 0.717) is 12.6 Å². The summed E-state index contributed by atoms with van der Waals surface area (Å²) in [4.78, 5) is 3.48. The van der Waals surface area contributed by atoms with Crippen LogP contribution in [-0.4, -0.2) is 31.1 Å². The van der Waals surface area contributed by atoms with Gasteiger partial charge in [-0.1, -0.05) is 30.3 Å². The number of hydrogen-bond donors (Lipinski definition) is 2. The van der Waals surface area contributed by atoms with Gasteiger partial charge < -0.3 is 15.3 Å². The van der Waals surface area contributed by atoms with E-state index < -0.39 is 0 Å². The highest BCUT2D eigenvalue weighted by Gasteiger charge is 2.19. The van der Waals surface area contributed by atoms with E-state index in [1.807, 2.05) is 18.8 Å². The van der Waals surface area contributed by atoms with Gasteiger partial charge in [0.1, 0.15) is 0 Å². The first kappa shape index (κ1) is 16.4. The van der Waals surface area contributed by atoms with Crippen LogP contribution in [0.3, 0.4) is 0 Å². The van der Waals surface area contributed by atoms with E-state index in [9.17, 15) is 0 Å². The molecule has 0 spiro atoms. The Kier molecular flexibility index (Phi) is 5.60. The maximum atomic E-state index is 9.01. The lowest BCUT2D eigenvalue weighted by Gasteiger charge is -2.26. The molecule has 0 bridgehead atoms. The molecule has 3 rings (SSSR count). The second kappa shape index (κ2) is 7.86. The minimum atomic E-state index is 0.179. The summed E-state index contributed by atoms with van der Waals surface area (Å²) >= 11 is 1.96. The third kappa shape index (κ3) is 4.08. The molecule has 3 nitrogen and oxygen atoms in total. The molecular formula is C19H24N2OS. The van der Waals surface area contributed by atoms with Gasteiger partial charge in [0.2, 0.25) is 0 Å². The fourth-order valence-corrected chi connectivity index (χ4v) is 4.07. The molecule has 1 unspecified atom stereocenters. The lowest BCUT2D eigenvalue weighted by Crippen LogP contribution is -2.24. The van der Waals surface area contributed by atoms with Crippen LogP contribution in [0.2, 0.25) is 0 Å². The van der Waals surface area contributed by atoms with Crippen molar-refractivity contribution in [3.05, 3.63) is 59.7 Å². The molecule has 122 valence electrons. The summed E-state index contributed by atoms with van der Waals surface area (Å²) in [6.45, 7) is 1.72. The van der Waals surface area contributed by atoms with Crippen molar-refractivity contribution in [2.24, 2.45) is 0 Å². The molecular weight excluding hydrogens is 304 g/mol. The number of aliphatic hydroxyl groups is 1. The monoisotopic (exact) mass is 328 g/mol. The maximum Gasteiger partial charge on any atom is 0.0606 e. The molecule has 0 amide bonds. The lowest BCUT2D eigenvalue weighted by atomic mass is 10.0. The van der Waals surface area contributed by atoms with Gasteiger partial charge in [-0.2, -0.15) is 0 Å². The number of nitrogens with one attached hydrogen (secondary N) is 1. The van der Waals surface area contributed by atoms with Gasteiger partial charge in [-0.3, -0.25) is 0 Å². The summed E-state index contributed by atoms with van der Waals surface area (Å²) in [5.41, 5.74) is 3.87. The minimum absolute atomic E-state index is 0.179. The van der Waals surface area contributed by atoms with Gasteiger partial charge in [0.05, 0.1) is 6.61 Å². The molecule has 0 saturated heterocycles. The summed E-state index contributed by atoms with van der Waals surface area (Å²) in [6, 6.07) is 17.7. The van der Waals surface area contributed by atoms with E-state index in [0.717, 1.165) is 12.2 Å². The molecule has 2 aromatic rings. The Morgan fingerprint density at radius 2 is 1.96 bits per heavy atom. The van der Waals surface area contributed by atoms with E-state index in [1.165, 1.54) is 28.2 Å². The topological polar surface area (TPSA) is 35.5 Å². The summed E-state index contributed by atoms with van der Waals surface area (Å²) in [6.07, 6.45) is 1.18. The zero-order chi connectivity index (χ0) is 16.1. The van der Waals surface area contributed by atoms with Gasteiger partial charge in [-0.15, -0.1) is 11.8 Å². The summed E-state index contributed by atoms with van der Waals surface area (Å²) in [7, 11) is 2.00. The van der Waals surface area contributed by atoms with Gasteiger partial charge in [0, 0.05) is 36.8 Å². The third-order valence-electron chi connectivity index (χ3n) is 4.32. The highest BCUT2D eigenvalue weighted by Crippen LogP contribution is 2.35. The highest BCUT2D eigenvalue weighted by atomic mass is 32.2. The zero-order valence-corrected chi connectivity index (χ0v) is 14.4. The molecule has 1 atom stereocenters. The number of aliphatic hydroxyl groups excluding tert-OH is 1. The molecule has 4 heteroatoms. The lowest BCUT2D eigenvalue weighted by molar-refractivity contribution is 0.304. The van der Waals surface area contributed by atoms with Crippen LogP contribution >= 0.6 is 11.8 Å². The van der Waals surface area contributed by atoms with Crippen molar-refractivity contribution in [2.45, 2.75) is 23.9 Å². The van der Waals surface area contributed by atoms with Crippen LogP contribution in [-0.2, 0) is 6.54 Å². The van der Waals surface area contributed by atoms with Crippen molar-refractivity contribution in [3.8, 4) is 0 Å². The van der Waals surface area contributed by atoms with Crippen molar-refractivity contribution in [2.75, 3.05) is 30.9 Å². The Bertz CT molecular complexity index is 630. The summed E-state index contributed by atoms with van der Waals surface area (Å²) in [5, 5.41) is 12.7. The van der Waals surface area contributed by atoms with E-state index in [1.54, 1.807) is 0 Å². The smallest absolute Gasteiger partial charge is 0.0606 e. The SMILES string of the molecule is CN(CCO)c1ccc(CNC2CCSc3ccccc32)cc1. The zero-order valence-electron chi connectivity index (χ0n) is 13.5. The average molecular weight is 328 g/mol. The fourth-order valence-electron chi connectivity index (χ4n) is 2.94. The van der Waals surface area contributed by atoms with Crippen molar-refractivity contribution < 1.29 is 5.11 Å². The molecule has 0 saturated carbocycles. The van der Waals surface area contributed by atoms with Crippen LogP contribution < -0.4 is 10.2 Å². The van der Waals surface area contributed by atoms with Crippen molar-refractivity contribution in [3.63, 3.8) is 0 Å². The van der Waals surface area contributed by atoms with Gasteiger partial charge >= 0.3 is 0 Å². The van der Waals surface area contributed by atoms with Crippen LogP contribution in [0.15, 0.2) is 53.4 Å². The molecule has 0 radical (unpaired) electrons. The van der Waals surface area contributed by atoms with Gasteiger partial charge in [0.15, 0.2) is 0 Å². The van der Waals surface area contributed by atoms with Crippen molar-refractivity contribution in [1.82, 2.24) is 5.32 Å². The Morgan fingerprint density at radius 1 is 1.17 bits per heavy atom. The predicted molar refractivity (Wildman–Crippen MR) is 98.2 cm³/mol.